The summed E-state index contributed by atoms with van der Waals surface area (Å²) >= 11 is 1.75. The standard InChI is InChI=1S/C12H22N2O4S2/c1-12(2)9-13(7-8-19-12)20(17,18)14-6-4-3-5-10(14)11(15)16/h10H,3-9H2,1-2H3,(H,15,16). The number of carboxylic acids is 1. The zero-order valence-electron chi connectivity index (χ0n) is 11.9. The van der Waals surface area contributed by atoms with E-state index in [2.05, 4.69) is 0 Å². The highest BCUT2D eigenvalue weighted by Gasteiger charge is 2.42. The van der Waals surface area contributed by atoms with Crippen molar-refractivity contribution in [3.63, 3.8) is 0 Å². The largest absolute Gasteiger partial charge is 0.480 e. The second kappa shape index (κ2) is 5.82. The lowest BCUT2D eigenvalue weighted by molar-refractivity contribution is -0.142. The number of piperidine rings is 1. The summed E-state index contributed by atoms with van der Waals surface area (Å²) in [6.07, 6.45) is 1.90. The Bertz CT molecular complexity index is 478. The average Bonchev–Trinajstić information content (AvgIpc) is 2.37. The van der Waals surface area contributed by atoms with Gasteiger partial charge in [0, 0.05) is 30.1 Å². The first-order valence-corrected chi connectivity index (χ1v) is 9.26. The Morgan fingerprint density at radius 2 is 2.00 bits per heavy atom. The number of carboxylic acid groups (broad SMARTS) is 1. The van der Waals surface area contributed by atoms with Crippen molar-refractivity contribution in [2.45, 2.75) is 43.9 Å². The highest BCUT2D eigenvalue weighted by molar-refractivity contribution is 8.00. The first-order valence-electron chi connectivity index (χ1n) is 6.88. The molecule has 1 unspecified atom stereocenters. The van der Waals surface area contributed by atoms with Crippen LogP contribution in [0.2, 0.25) is 0 Å². The summed E-state index contributed by atoms with van der Waals surface area (Å²) in [6, 6.07) is -0.911. The summed E-state index contributed by atoms with van der Waals surface area (Å²) in [7, 11) is -3.68. The molecule has 0 aromatic heterocycles. The summed E-state index contributed by atoms with van der Waals surface area (Å²) < 4.78 is 28.0. The van der Waals surface area contributed by atoms with Crippen LogP contribution in [-0.4, -0.2) is 64.3 Å². The van der Waals surface area contributed by atoms with E-state index in [1.165, 1.54) is 8.61 Å². The zero-order chi connectivity index (χ0) is 15.0. The summed E-state index contributed by atoms with van der Waals surface area (Å²) in [5.41, 5.74) is 0. The lowest BCUT2D eigenvalue weighted by Crippen LogP contribution is -2.56. The number of rotatable bonds is 3. The number of nitrogens with zero attached hydrogens (tertiary/aromatic N) is 2. The molecule has 2 saturated heterocycles. The Balaban J connectivity index is 2.22. The predicted octanol–water partition coefficient (Wildman–Crippen LogP) is 0.998. The number of thioether (sulfide) groups is 1. The van der Waals surface area contributed by atoms with Gasteiger partial charge in [-0.15, -0.1) is 0 Å². The van der Waals surface area contributed by atoms with E-state index in [4.69, 9.17) is 0 Å². The normalized spacial score (nSPS) is 29.2. The summed E-state index contributed by atoms with van der Waals surface area (Å²) in [5.74, 6) is -0.295. The second-order valence-electron chi connectivity index (χ2n) is 5.91. The Hall–Kier alpha value is -0.310. The van der Waals surface area contributed by atoms with Crippen LogP contribution in [0.15, 0.2) is 0 Å². The molecule has 2 rings (SSSR count). The van der Waals surface area contributed by atoms with Crippen LogP contribution in [0.25, 0.3) is 0 Å². The van der Waals surface area contributed by atoms with E-state index < -0.39 is 22.2 Å². The molecule has 6 nitrogen and oxygen atoms in total. The Morgan fingerprint density at radius 1 is 1.30 bits per heavy atom. The van der Waals surface area contributed by atoms with E-state index >= 15 is 0 Å². The van der Waals surface area contributed by atoms with Gasteiger partial charge in [0.25, 0.3) is 10.2 Å². The number of hydrogen-bond acceptors (Lipinski definition) is 4. The maximum atomic E-state index is 12.7. The molecule has 116 valence electrons. The molecule has 1 N–H and O–H groups in total. The van der Waals surface area contributed by atoms with Gasteiger partial charge in [-0.25, -0.2) is 0 Å². The molecule has 0 radical (unpaired) electrons. The number of hydrogen-bond donors (Lipinski definition) is 1. The molecule has 2 aliphatic rings. The predicted molar refractivity (Wildman–Crippen MR) is 79.0 cm³/mol. The van der Waals surface area contributed by atoms with Gasteiger partial charge < -0.3 is 5.11 Å². The summed E-state index contributed by atoms with van der Waals surface area (Å²) in [5, 5.41) is 9.24. The smallest absolute Gasteiger partial charge is 0.322 e. The zero-order valence-corrected chi connectivity index (χ0v) is 13.5. The van der Waals surface area contributed by atoms with E-state index in [1.807, 2.05) is 13.8 Å². The highest BCUT2D eigenvalue weighted by Crippen LogP contribution is 2.32. The van der Waals surface area contributed by atoms with Crippen LogP contribution in [-0.2, 0) is 15.0 Å². The molecule has 2 heterocycles. The van der Waals surface area contributed by atoms with E-state index in [-0.39, 0.29) is 4.75 Å². The lowest BCUT2D eigenvalue weighted by atomic mass is 10.1. The van der Waals surface area contributed by atoms with Crippen LogP contribution in [0.3, 0.4) is 0 Å². The minimum atomic E-state index is -3.68. The number of aliphatic carboxylic acids is 1. The molecule has 0 aromatic rings. The Labute approximate surface area is 124 Å². The van der Waals surface area contributed by atoms with Crippen LogP contribution < -0.4 is 0 Å². The first kappa shape index (κ1) is 16.1. The van der Waals surface area contributed by atoms with E-state index in [0.717, 1.165) is 18.6 Å². The fourth-order valence-electron chi connectivity index (χ4n) is 2.75. The van der Waals surface area contributed by atoms with Crippen molar-refractivity contribution in [2.75, 3.05) is 25.4 Å². The molecule has 0 aromatic carbocycles. The molecule has 0 bridgehead atoms. The van der Waals surface area contributed by atoms with Crippen LogP contribution in [0, 0.1) is 0 Å². The van der Waals surface area contributed by atoms with E-state index in [9.17, 15) is 18.3 Å². The third kappa shape index (κ3) is 3.29. The highest BCUT2D eigenvalue weighted by atomic mass is 32.2. The lowest BCUT2D eigenvalue weighted by Gasteiger charge is -2.41. The molecule has 0 aliphatic carbocycles. The minimum Gasteiger partial charge on any atom is -0.480 e. The quantitative estimate of drug-likeness (QED) is 0.838. The van der Waals surface area contributed by atoms with Gasteiger partial charge in [-0.3, -0.25) is 4.79 Å². The van der Waals surface area contributed by atoms with Crippen molar-refractivity contribution in [3.8, 4) is 0 Å². The summed E-state index contributed by atoms with van der Waals surface area (Å²) in [6.45, 7) is 5.24. The average molecular weight is 322 g/mol. The van der Waals surface area contributed by atoms with Crippen LogP contribution in [0.5, 0.6) is 0 Å². The third-order valence-electron chi connectivity index (χ3n) is 3.75. The molecule has 2 fully saturated rings. The van der Waals surface area contributed by atoms with Crippen LogP contribution in [0.4, 0.5) is 0 Å². The van der Waals surface area contributed by atoms with Gasteiger partial charge in [0.2, 0.25) is 0 Å². The van der Waals surface area contributed by atoms with Crippen molar-refractivity contribution in [1.29, 1.82) is 0 Å². The topological polar surface area (TPSA) is 77.9 Å². The number of carbonyl (C=O) groups is 1. The van der Waals surface area contributed by atoms with Crippen LogP contribution >= 0.6 is 11.8 Å². The molecule has 0 saturated carbocycles. The Morgan fingerprint density at radius 3 is 2.60 bits per heavy atom. The SMILES string of the molecule is CC1(C)CN(S(=O)(=O)N2CCCCC2C(=O)O)CCS1. The molecule has 1 atom stereocenters. The maximum absolute atomic E-state index is 12.7. The summed E-state index contributed by atoms with van der Waals surface area (Å²) in [4.78, 5) is 11.3. The van der Waals surface area contributed by atoms with Crippen LogP contribution in [0.1, 0.15) is 33.1 Å². The minimum absolute atomic E-state index is 0.125. The molecule has 8 heteroatoms. The molecular weight excluding hydrogens is 300 g/mol. The second-order valence-corrected chi connectivity index (χ2v) is 9.59. The van der Waals surface area contributed by atoms with Gasteiger partial charge in [0.05, 0.1) is 0 Å². The molecular formula is C12H22N2O4S2. The van der Waals surface area contributed by atoms with Gasteiger partial charge in [-0.1, -0.05) is 0 Å². The van der Waals surface area contributed by atoms with E-state index in [0.29, 0.717) is 26.1 Å². The van der Waals surface area contributed by atoms with Gasteiger partial charge >= 0.3 is 5.97 Å². The molecule has 2 aliphatic heterocycles. The van der Waals surface area contributed by atoms with Crippen molar-refractivity contribution in [3.05, 3.63) is 0 Å². The monoisotopic (exact) mass is 322 g/mol. The third-order valence-corrected chi connectivity index (χ3v) is 7.04. The van der Waals surface area contributed by atoms with Crippen molar-refractivity contribution < 1.29 is 18.3 Å². The molecule has 0 spiro atoms. The van der Waals surface area contributed by atoms with Crippen molar-refractivity contribution in [2.24, 2.45) is 0 Å². The van der Waals surface area contributed by atoms with Gasteiger partial charge in [-0.05, 0) is 33.1 Å². The maximum Gasteiger partial charge on any atom is 0.322 e. The van der Waals surface area contributed by atoms with Gasteiger partial charge in [0.1, 0.15) is 6.04 Å². The van der Waals surface area contributed by atoms with Gasteiger partial charge in [-0.2, -0.15) is 28.8 Å². The first-order chi connectivity index (χ1) is 9.24. The fraction of sp³-hybridized carbons (Fsp3) is 0.917. The fourth-order valence-corrected chi connectivity index (χ4v) is 6.04. The molecule has 20 heavy (non-hydrogen) atoms. The van der Waals surface area contributed by atoms with Crippen molar-refractivity contribution in [1.82, 2.24) is 8.61 Å². The van der Waals surface area contributed by atoms with E-state index in [1.54, 1.807) is 11.8 Å². The van der Waals surface area contributed by atoms with Crippen molar-refractivity contribution >= 4 is 27.9 Å². The van der Waals surface area contributed by atoms with Gasteiger partial charge in [0.15, 0.2) is 0 Å². The molecule has 0 amide bonds. The Kier molecular flexibility index (Phi) is 4.68.